The van der Waals surface area contributed by atoms with Crippen LogP contribution in [-0.2, 0) is 4.79 Å². The van der Waals surface area contributed by atoms with Crippen molar-refractivity contribution < 1.29 is 4.79 Å². The van der Waals surface area contributed by atoms with Crippen LogP contribution >= 0.6 is 0 Å². The highest BCUT2D eigenvalue weighted by Gasteiger charge is 2.34. The van der Waals surface area contributed by atoms with Crippen molar-refractivity contribution in [2.45, 2.75) is 39.0 Å². The van der Waals surface area contributed by atoms with Gasteiger partial charge in [-0.2, -0.15) is 0 Å². The topological polar surface area (TPSA) is 68.0 Å². The van der Waals surface area contributed by atoms with Gasteiger partial charge in [-0.25, -0.2) is 0 Å². The molecule has 1 amide bonds. The summed E-state index contributed by atoms with van der Waals surface area (Å²) in [6.45, 7) is 2.07. The molecule has 1 aliphatic rings. The van der Waals surface area contributed by atoms with Crippen LogP contribution in [-0.4, -0.2) is 10.9 Å². The molecule has 0 atom stereocenters. The maximum absolute atomic E-state index is 12.7. The third-order valence-electron chi connectivity index (χ3n) is 4.55. The van der Waals surface area contributed by atoms with Gasteiger partial charge >= 0.3 is 0 Å². The molecule has 4 heteroatoms. The normalized spacial score (nSPS) is 17.6. The number of hydrogen-bond donors (Lipinski definition) is 2. The number of benzene rings is 1. The third kappa shape index (κ3) is 2.58. The number of nitrogens with two attached hydrogens (primary N) is 1. The SMILES string of the molecule is CC1(C(=O)Nc2ccc(N)c3ncccc23)CCCCC1. The maximum atomic E-state index is 12.7. The molecule has 1 aromatic heterocycles. The fourth-order valence-corrected chi connectivity index (χ4v) is 3.14. The van der Waals surface area contributed by atoms with Gasteiger partial charge in [0.25, 0.3) is 0 Å². The van der Waals surface area contributed by atoms with E-state index >= 15 is 0 Å². The summed E-state index contributed by atoms with van der Waals surface area (Å²) in [5.74, 6) is 0.108. The zero-order valence-electron chi connectivity index (χ0n) is 12.4. The van der Waals surface area contributed by atoms with Crippen LogP contribution in [0.25, 0.3) is 10.9 Å². The molecule has 4 nitrogen and oxygen atoms in total. The highest BCUT2D eigenvalue weighted by molar-refractivity contribution is 6.05. The van der Waals surface area contributed by atoms with Gasteiger partial charge in [0, 0.05) is 17.0 Å². The summed E-state index contributed by atoms with van der Waals surface area (Å²) in [5.41, 5.74) is 7.86. The number of pyridine rings is 1. The Morgan fingerprint density at radius 1 is 1.24 bits per heavy atom. The number of nitrogens with one attached hydrogen (secondary N) is 1. The lowest BCUT2D eigenvalue weighted by Gasteiger charge is -2.32. The van der Waals surface area contributed by atoms with Crippen LogP contribution in [0.3, 0.4) is 0 Å². The zero-order valence-corrected chi connectivity index (χ0v) is 12.4. The summed E-state index contributed by atoms with van der Waals surface area (Å²) in [6, 6.07) is 7.47. The number of aromatic nitrogens is 1. The van der Waals surface area contributed by atoms with E-state index in [9.17, 15) is 4.79 Å². The molecule has 0 unspecified atom stereocenters. The molecule has 1 fully saturated rings. The summed E-state index contributed by atoms with van der Waals surface area (Å²) in [5, 5.41) is 3.98. The summed E-state index contributed by atoms with van der Waals surface area (Å²) in [6.07, 6.45) is 7.14. The molecular weight excluding hydrogens is 262 g/mol. The minimum Gasteiger partial charge on any atom is -0.397 e. The van der Waals surface area contributed by atoms with Gasteiger partial charge in [-0.05, 0) is 37.1 Å². The molecule has 0 radical (unpaired) electrons. The van der Waals surface area contributed by atoms with Gasteiger partial charge in [0.05, 0.1) is 16.9 Å². The van der Waals surface area contributed by atoms with Crippen molar-refractivity contribution in [1.29, 1.82) is 0 Å². The predicted molar refractivity (Wildman–Crippen MR) is 86.0 cm³/mol. The fraction of sp³-hybridized carbons (Fsp3) is 0.412. The van der Waals surface area contributed by atoms with Gasteiger partial charge in [-0.1, -0.05) is 26.2 Å². The predicted octanol–water partition coefficient (Wildman–Crippen LogP) is 3.73. The highest BCUT2D eigenvalue weighted by atomic mass is 16.2. The van der Waals surface area contributed by atoms with Crippen molar-refractivity contribution >= 4 is 28.2 Å². The Balaban J connectivity index is 1.91. The molecule has 0 bridgehead atoms. The third-order valence-corrected chi connectivity index (χ3v) is 4.55. The second-order valence-electron chi connectivity index (χ2n) is 6.18. The van der Waals surface area contributed by atoms with E-state index in [1.165, 1.54) is 6.42 Å². The molecule has 1 aliphatic carbocycles. The van der Waals surface area contributed by atoms with E-state index in [2.05, 4.69) is 17.2 Å². The number of hydrogen-bond acceptors (Lipinski definition) is 3. The monoisotopic (exact) mass is 283 g/mol. The average Bonchev–Trinajstić information content (AvgIpc) is 2.51. The standard InChI is InChI=1S/C17H21N3O/c1-17(9-3-2-4-10-17)16(21)20-14-8-7-13(18)15-12(14)6-5-11-19-15/h5-8,11H,2-4,9-10,18H2,1H3,(H,20,21). The molecular formula is C17H21N3O. The Morgan fingerprint density at radius 3 is 2.76 bits per heavy atom. The molecule has 1 heterocycles. The number of amides is 1. The lowest BCUT2D eigenvalue weighted by Crippen LogP contribution is -2.35. The number of fused-ring (bicyclic) bond motifs is 1. The Hall–Kier alpha value is -2.10. The Bertz CT molecular complexity index is 675. The van der Waals surface area contributed by atoms with Crippen molar-refractivity contribution in [2.24, 2.45) is 5.41 Å². The Morgan fingerprint density at radius 2 is 2.00 bits per heavy atom. The largest absolute Gasteiger partial charge is 0.397 e. The van der Waals surface area contributed by atoms with Gasteiger partial charge in [0.1, 0.15) is 0 Å². The summed E-state index contributed by atoms with van der Waals surface area (Å²) in [7, 11) is 0. The molecule has 2 aromatic rings. The Kier molecular flexibility index (Phi) is 3.53. The van der Waals surface area contributed by atoms with Gasteiger partial charge in [-0.15, -0.1) is 0 Å². The van der Waals surface area contributed by atoms with Gasteiger partial charge in [0.2, 0.25) is 5.91 Å². The molecule has 1 saturated carbocycles. The van der Waals surface area contributed by atoms with E-state index < -0.39 is 0 Å². The number of carbonyl (C=O) groups excluding carboxylic acids is 1. The first kappa shape index (κ1) is 13.9. The minimum absolute atomic E-state index is 0.108. The van der Waals surface area contributed by atoms with E-state index in [1.807, 2.05) is 18.2 Å². The van der Waals surface area contributed by atoms with E-state index in [0.717, 1.165) is 42.3 Å². The quantitative estimate of drug-likeness (QED) is 0.825. The lowest BCUT2D eigenvalue weighted by molar-refractivity contribution is -0.126. The first-order valence-corrected chi connectivity index (χ1v) is 7.55. The molecule has 0 saturated heterocycles. The van der Waals surface area contributed by atoms with Crippen LogP contribution in [0.2, 0.25) is 0 Å². The fourth-order valence-electron chi connectivity index (χ4n) is 3.14. The molecule has 21 heavy (non-hydrogen) atoms. The zero-order chi connectivity index (χ0) is 14.9. The minimum atomic E-state index is -0.256. The van der Waals surface area contributed by atoms with Crippen LogP contribution in [0.15, 0.2) is 30.5 Å². The second kappa shape index (κ2) is 5.35. The van der Waals surface area contributed by atoms with Gasteiger partial charge in [-0.3, -0.25) is 9.78 Å². The van der Waals surface area contributed by atoms with Crippen molar-refractivity contribution in [2.75, 3.05) is 11.1 Å². The summed E-state index contributed by atoms with van der Waals surface area (Å²) >= 11 is 0. The Labute approximate surface area is 124 Å². The van der Waals surface area contributed by atoms with Crippen LogP contribution in [0.5, 0.6) is 0 Å². The molecule has 1 aromatic carbocycles. The van der Waals surface area contributed by atoms with Crippen molar-refractivity contribution in [3.63, 3.8) is 0 Å². The second-order valence-corrected chi connectivity index (χ2v) is 6.18. The average molecular weight is 283 g/mol. The lowest BCUT2D eigenvalue weighted by atomic mass is 9.75. The maximum Gasteiger partial charge on any atom is 0.230 e. The van der Waals surface area contributed by atoms with E-state index in [1.54, 1.807) is 12.3 Å². The van der Waals surface area contributed by atoms with Gasteiger partial charge in [0.15, 0.2) is 0 Å². The molecule has 3 rings (SSSR count). The van der Waals surface area contributed by atoms with Crippen LogP contribution in [0.4, 0.5) is 11.4 Å². The van der Waals surface area contributed by atoms with Crippen LogP contribution in [0.1, 0.15) is 39.0 Å². The molecule has 3 N–H and O–H groups in total. The molecule has 0 spiro atoms. The van der Waals surface area contributed by atoms with Gasteiger partial charge < -0.3 is 11.1 Å². The number of carbonyl (C=O) groups is 1. The summed E-state index contributed by atoms with van der Waals surface area (Å²) < 4.78 is 0. The van der Waals surface area contributed by atoms with Crippen molar-refractivity contribution in [1.82, 2.24) is 4.98 Å². The summed E-state index contributed by atoms with van der Waals surface area (Å²) in [4.78, 5) is 17.0. The number of rotatable bonds is 2. The first-order valence-electron chi connectivity index (χ1n) is 7.55. The van der Waals surface area contributed by atoms with Crippen molar-refractivity contribution in [3.8, 4) is 0 Å². The number of anilines is 2. The van der Waals surface area contributed by atoms with Crippen LogP contribution < -0.4 is 11.1 Å². The molecule has 0 aliphatic heterocycles. The first-order chi connectivity index (χ1) is 10.1. The van der Waals surface area contributed by atoms with E-state index in [4.69, 9.17) is 5.73 Å². The molecule has 110 valence electrons. The smallest absolute Gasteiger partial charge is 0.230 e. The van der Waals surface area contributed by atoms with Crippen molar-refractivity contribution in [3.05, 3.63) is 30.5 Å². The number of nitrogens with zero attached hydrogens (tertiary/aromatic N) is 1. The van der Waals surface area contributed by atoms with Crippen LogP contribution in [0, 0.1) is 5.41 Å². The number of nitrogen functional groups attached to an aromatic ring is 1. The highest BCUT2D eigenvalue weighted by Crippen LogP contribution is 2.37. The van der Waals surface area contributed by atoms with E-state index in [-0.39, 0.29) is 11.3 Å². The van der Waals surface area contributed by atoms with E-state index in [0.29, 0.717) is 5.69 Å².